The van der Waals surface area contributed by atoms with Gasteiger partial charge in [-0.1, -0.05) is 112 Å². The third kappa shape index (κ3) is 33.7. The third-order valence-corrected chi connectivity index (χ3v) is 20.4. The van der Waals surface area contributed by atoms with Crippen LogP contribution < -0.4 is 110 Å². The van der Waals surface area contributed by atoms with Crippen molar-refractivity contribution in [2.24, 2.45) is 78.6 Å². The van der Waals surface area contributed by atoms with E-state index >= 15 is 0 Å². The first-order valence-electron chi connectivity index (χ1n) is 36.1. The zero-order chi connectivity index (χ0) is 80.7. The molecule has 0 spiro atoms. The van der Waals surface area contributed by atoms with E-state index in [0.717, 1.165) is 28.0 Å². The Bertz CT molecular complexity index is 3470. The number of aliphatic imine (C=N–C) groups is 3. The number of amides is 13. The van der Waals surface area contributed by atoms with Gasteiger partial charge in [-0.3, -0.25) is 82.1 Å². The van der Waals surface area contributed by atoms with Gasteiger partial charge in [-0.15, -0.1) is 0 Å². The fraction of sp³-hybridized carbons (Fsp3) is 0.612. The van der Waals surface area contributed by atoms with Crippen LogP contribution in [0.25, 0.3) is 0 Å². The fourth-order valence-corrected chi connectivity index (χ4v) is 13.9. The normalized spacial score (nSPS) is 23.9. The highest BCUT2D eigenvalue weighted by molar-refractivity contribution is 8.76. The van der Waals surface area contributed by atoms with Crippen LogP contribution in [0.1, 0.15) is 129 Å². The number of aromatic nitrogens is 2. The van der Waals surface area contributed by atoms with Gasteiger partial charge in [0.25, 0.3) is 0 Å². The standard InChI is InChI=1S/C67H109N25O15S2/c1-5-35(3)51-63(106)86-44(26-37-16-9-7-10-17-37)59(102)84-42(21-14-24-78-66(72)73)56(99)88-46(54(69)97)32-108-109-33-47(89-55(98)40(68)27-39-29-76-34-82-39)61(104)92-53(38-18-11-8-12-19-38)62(105)81-30-48(93)80-31-49(94)83-41(20-13-23-77-65(70)71)57(100)90-52(36(4)6-2)64(107)87-45(28-50(95)96)60(103)85-43(58(101)91-51)22-15-25-79-67(74)75/h7,9-10,16-17,29,34-36,38,40-47,51-53H,5-6,8,11-15,18-28,30-33,68H2,1-4H3,(H2,69,97)(H,76,82)(H,80,93)(H,81,105)(H,83,94)(H,84,102)(H,85,103)(H,86,106)(H,87,107)(H,88,99)(H,89,98)(H,90,100)(H,91,101)(H,92,104)(H,95,96)(H4,70,71,77)(H4,72,73,78)(H4,74,75,79)/t35-,36-,40+,41+,42+,43-,44-,45+,46+,47+,51+,52-,53+/m0/s1. The molecule has 30 N–H and O–H groups in total. The first-order valence-corrected chi connectivity index (χ1v) is 38.5. The summed E-state index contributed by atoms with van der Waals surface area (Å²) in [5.74, 6) is -17.2. The number of carboxylic acids is 1. The molecule has 1 aromatic heterocycles. The molecule has 109 heavy (non-hydrogen) atoms. The van der Waals surface area contributed by atoms with Crippen LogP contribution in [0.2, 0.25) is 0 Å². The van der Waals surface area contributed by atoms with Crippen LogP contribution in [-0.4, -0.2) is 226 Å². The van der Waals surface area contributed by atoms with Crippen LogP contribution in [0.15, 0.2) is 57.8 Å². The topological polar surface area (TPSA) is 677 Å². The molecule has 0 unspecified atom stereocenters. The molecule has 1 saturated carbocycles. The van der Waals surface area contributed by atoms with Gasteiger partial charge in [0.1, 0.15) is 60.4 Å². The SMILES string of the molecule is CC[C@H](C)[C@@H]1NC(=O)[C@@H](CCCN=C(N)N)NC(=O)CNC(=O)CNC(=O)[C@@H](C2CCCCC2)NC(=O)[C@H](NC(=O)[C@H](N)Cc2cnc[nH]2)CSSC[C@H](C(N)=O)NC(=O)[C@@H](CCCN=C(N)N)NC(=O)[C@H](Cc2ccccc2)NC(=O)[C@@H]([C@@H](C)CC)NC(=O)[C@H](CCCN=C(N)N)NC(=O)[C@@H](CC(=O)O)NC1=O. The molecule has 2 heterocycles. The van der Waals surface area contributed by atoms with Crippen LogP contribution in [0.4, 0.5) is 0 Å². The number of H-pyrrole nitrogens is 1. The molecule has 4 rings (SSSR count). The summed E-state index contributed by atoms with van der Waals surface area (Å²) >= 11 is 0. The van der Waals surface area contributed by atoms with Crippen molar-refractivity contribution in [3.63, 3.8) is 0 Å². The number of guanidine groups is 3. The quantitative estimate of drug-likeness (QED) is 0.0180. The molecule has 2 fully saturated rings. The highest BCUT2D eigenvalue weighted by Gasteiger charge is 2.39. The van der Waals surface area contributed by atoms with Crippen molar-refractivity contribution in [2.75, 3.05) is 44.2 Å². The molecular weight excluding hydrogens is 1460 g/mol. The van der Waals surface area contributed by atoms with E-state index in [0.29, 0.717) is 36.9 Å². The van der Waals surface area contributed by atoms with E-state index < -0.39 is 186 Å². The van der Waals surface area contributed by atoms with Gasteiger partial charge in [-0.2, -0.15) is 0 Å². The Morgan fingerprint density at radius 1 is 0.560 bits per heavy atom. The van der Waals surface area contributed by atoms with Crippen molar-refractivity contribution in [1.82, 2.24) is 73.8 Å². The molecule has 1 aromatic carbocycles. The van der Waals surface area contributed by atoms with E-state index in [1.54, 1.807) is 58.0 Å². The molecule has 13 amide bonds. The van der Waals surface area contributed by atoms with E-state index in [-0.39, 0.29) is 113 Å². The van der Waals surface area contributed by atoms with E-state index in [9.17, 15) is 72.2 Å². The molecule has 0 bridgehead atoms. The predicted octanol–water partition coefficient (Wildman–Crippen LogP) is -6.21. The van der Waals surface area contributed by atoms with Crippen LogP contribution in [0, 0.1) is 17.8 Å². The number of carbonyl (C=O) groups excluding carboxylic acids is 13. The number of aromatic amines is 1. The van der Waals surface area contributed by atoms with E-state index in [1.807, 2.05) is 0 Å². The second-order valence-corrected chi connectivity index (χ2v) is 29.2. The van der Waals surface area contributed by atoms with Gasteiger partial charge >= 0.3 is 5.97 Å². The van der Waals surface area contributed by atoms with E-state index in [4.69, 9.17) is 45.9 Å². The number of carboxylic acid groups (broad SMARTS) is 1. The average Bonchev–Trinajstić information content (AvgIpc) is 1.79. The molecule has 0 radical (unpaired) electrons. The molecule has 1 aliphatic heterocycles. The Balaban J connectivity index is 1.86. The first kappa shape index (κ1) is 90.9. The maximum atomic E-state index is 14.9. The molecule has 1 saturated heterocycles. The number of nitrogens with two attached hydrogens (primary N) is 8. The molecule has 604 valence electrons. The van der Waals surface area contributed by atoms with Gasteiger partial charge in [0.15, 0.2) is 17.9 Å². The van der Waals surface area contributed by atoms with Gasteiger partial charge in [0.2, 0.25) is 76.8 Å². The van der Waals surface area contributed by atoms with Crippen LogP contribution in [-0.2, 0) is 80.0 Å². The summed E-state index contributed by atoms with van der Waals surface area (Å²) in [6.45, 7) is 4.91. The second kappa shape index (κ2) is 48.0. The predicted molar refractivity (Wildman–Crippen MR) is 407 cm³/mol. The number of hydrogen-bond donors (Lipinski definition) is 22. The Hall–Kier alpha value is -10.5. The van der Waals surface area contributed by atoms with Crippen molar-refractivity contribution in [2.45, 2.75) is 197 Å². The second-order valence-electron chi connectivity index (χ2n) is 26.6. The minimum absolute atomic E-state index is 0.00636. The summed E-state index contributed by atoms with van der Waals surface area (Å²) in [7, 11) is 1.91. The Kier molecular flexibility index (Phi) is 40.0. The molecule has 2 aromatic rings. The van der Waals surface area contributed by atoms with Gasteiger partial charge in [-0.25, -0.2) is 4.98 Å². The third-order valence-electron chi connectivity index (χ3n) is 18.0. The molecule has 2 aliphatic rings. The number of nitrogens with one attached hydrogen (secondary N) is 13. The number of primary amides is 1. The van der Waals surface area contributed by atoms with Crippen molar-refractivity contribution >= 4 is 122 Å². The summed E-state index contributed by atoms with van der Waals surface area (Å²) in [5, 5.41) is 41.2. The van der Waals surface area contributed by atoms with Crippen LogP contribution in [0.3, 0.4) is 0 Å². The Labute approximate surface area is 639 Å². The van der Waals surface area contributed by atoms with Crippen molar-refractivity contribution < 1.29 is 72.2 Å². The largest absolute Gasteiger partial charge is 0.481 e. The van der Waals surface area contributed by atoms with Gasteiger partial charge in [-0.05, 0) is 74.7 Å². The highest BCUT2D eigenvalue weighted by atomic mass is 33.1. The number of rotatable bonds is 26. The maximum absolute atomic E-state index is 14.9. The van der Waals surface area contributed by atoms with Crippen molar-refractivity contribution in [3.05, 3.63) is 54.1 Å². The van der Waals surface area contributed by atoms with Gasteiger partial charge in [0.05, 0.1) is 31.9 Å². The minimum atomic E-state index is -1.95. The van der Waals surface area contributed by atoms with Crippen molar-refractivity contribution in [3.8, 4) is 0 Å². The number of imidazole rings is 1. The molecule has 13 atom stereocenters. The Morgan fingerprint density at radius 3 is 1.53 bits per heavy atom. The fourth-order valence-electron chi connectivity index (χ4n) is 11.5. The lowest BCUT2D eigenvalue weighted by molar-refractivity contribution is -0.142. The monoisotopic (exact) mass is 1570 g/mol. The average molecular weight is 1570 g/mol. The lowest BCUT2D eigenvalue weighted by atomic mass is 9.83. The first-order chi connectivity index (χ1) is 51.8. The zero-order valence-electron chi connectivity index (χ0n) is 61.8. The number of carbonyl (C=O) groups is 14. The minimum Gasteiger partial charge on any atom is -0.481 e. The zero-order valence-corrected chi connectivity index (χ0v) is 63.4. The molecule has 42 heteroatoms. The van der Waals surface area contributed by atoms with Crippen LogP contribution in [0.5, 0.6) is 0 Å². The summed E-state index contributed by atoms with van der Waals surface area (Å²) in [4.78, 5) is 217. The molecular formula is C67H109N25O15S2. The lowest BCUT2D eigenvalue weighted by Gasteiger charge is -2.31. The summed E-state index contributed by atoms with van der Waals surface area (Å²) in [6, 6.07) is -8.10. The maximum Gasteiger partial charge on any atom is 0.305 e. The number of nitrogens with zero attached hydrogens (tertiary/aromatic N) is 4. The summed E-state index contributed by atoms with van der Waals surface area (Å²) in [6.07, 6.45) is 4.63. The Morgan fingerprint density at radius 2 is 1.04 bits per heavy atom. The van der Waals surface area contributed by atoms with Gasteiger partial charge in [0, 0.05) is 55.9 Å². The number of aliphatic carboxylic acids is 1. The number of benzene rings is 1. The van der Waals surface area contributed by atoms with E-state index in [2.05, 4.69) is 88.7 Å². The smallest absolute Gasteiger partial charge is 0.305 e. The number of hydrogen-bond acceptors (Lipinski definition) is 21. The van der Waals surface area contributed by atoms with Gasteiger partial charge < -0.3 is 120 Å². The lowest BCUT2D eigenvalue weighted by Crippen LogP contribution is -2.62. The molecule has 1 aliphatic carbocycles. The summed E-state index contributed by atoms with van der Waals surface area (Å²) < 4.78 is 0. The van der Waals surface area contributed by atoms with Crippen molar-refractivity contribution in [1.29, 1.82) is 0 Å². The molecule has 40 nitrogen and oxygen atoms in total. The highest BCUT2D eigenvalue weighted by Crippen LogP contribution is 2.28. The van der Waals surface area contributed by atoms with Crippen LogP contribution >= 0.6 is 21.6 Å². The summed E-state index contributed by atoms with van der Waals surface area (Å²) in [5.41, 5.74) is 46.7. The van der Waals surface area contributed by atoms with E-state index in [1.165, 1.54) is 12.5 Å².